The number of furan rings is 1. The highest BCUT2D eigenvalue weighted by Crippen LogP contribution is 2.32. The summed E-state index contributed by atoms with van der Waals surface area (Å²) >= 11 is 0. The maximum absolute atomic E-state index is 5.92. The molecule has 1 aromatic heterocycles. The molecular formula is C23H19NO. The monoisotopic (exact) mass is 325 g/mol. The summed E-state index contributed by atoms with van der Waals surface area (Å²) in [6, 6.07) is 23.2. The number of fused-ring (bicyclic) bond motifs is 3. The van der Waals surface area contributed by atoms with Gasteiger partial charge in [-0.3, -0.25) is 0 Å². The van der Waals surface area contributed by atoms with E-state index in [-0.39, 0.29) is 0 Å². The average molecular weight is 325 g/mol. The maximum atomic E-state index is 5.92. The molecule has 0 fully saturated rings. The quantitative estimate of drug-likeness (QED) is 0.480. The SMILES string of the molecule is N/C=C\C=C/Cc1cccc(-c2ccc3oc4ccccc4c3c2)c1. The van der Waals surface area contributed by atoms with Gasteiger partial charge in [-0.25, -0.2) is 0 Å². The van der Waals surface area contributed by atoms with Gasteiger partial charge in [0.05, 0.1) is 0 Å². The van der Waals surface area contributed by atoms with Gasteiger partial charge >= 0.3 is 0 Å². The Balaban J connectivity index is 1.72. The molecule has 0 amide bonds. The van der Waals surface area contributed by atoms with Gasteiger partial charge in [0, 0.05) is 10.8 Å². The van der Waals surface area contributed by atoms with E-state index in [0.29, 0.717) is 0 Å². The highest BCUT2D eigenvalue weighted by Gasteiger charge is 2.08. The van der Waals surface area contributed by atoms with Crippen molar-refractivity contribution in [3.8, 4) is 11.1 Å². The van der Waals surface area contributed by atoms with Crippen LogP contribution in [0.2, 0.25) is 0 Å². The van der Waals surface area contributed by atoms with Gasteiger partial charge in [0.25, 0.3) is 0 Å². The molecule has 0 bridgehead atoms. The fraction of sp³-hybridized carbons (Fsp3) is 0.0435. The van der Waals surface area contributed by atoms with Gasteiger partial charge < -0.3 is 10.2 Å². The third-order valence-electron chi connectivity index (χ3n) is 4.35. The normalized spacial score (nSPS) is 12.0. The molecule has 0 atom stereocenters. The molecule has 2 heteroatoms. The first kappa shape index (κ1) is 15.3. The van der Waals surface area contributed by atoms with E-state index in [2.05, 4.69) is 54.6 Å². The van der Waals surface area contributed by atoms with Crippen LogP contribution in [0.5, 0.6) is 0 Å². The summed E-state index contributed by atoms with van der Waals surface area (Å²) in [5.74, 6) is 0. The number of hydrogen-bond acceptors (Lipinski definition) is 2. The molecule has 0 unspecified atom stereocenters. The van der Waals surface area contributed by atoms with Gasteiger partial charge in [0.2, 0.25) is 0 Å². The molecule has 0 aliphatic carbocycles. The predicted octanol–water partition coefficient (Wildman–Crippen LogP) is 5.82. The first-order valence-corrected chi connectivity index (χ1v) is 8.39. The van der Waals surface area contributed by atoms with E-state index in [0.717, 1.165) is 28.4 Å². The van der Waals surface area contributed by atoms with Crippen LogP contribution in [0.3, 0.4) is 0 Å². The number of para-hydroxylation sites is 1. The van der Waals surface area contributed by atoms with Crippen molar-refractivity contribution in [3.63, 3.8) is 0 Å². The fourth-order valence-corrected chi connectivity index (χ4v) is 3.13. The lowest BCUT2D eigenvalue weighted by Gasteiger charge is -2.04. The first-order chi connectivity index (χ1) is 12.3. The Kier molecular flexibility index (Phi) is 4.09. The van der Waals surface area contributed by atoms with Crippen molar-refractivity contribution in [2.24, 2.45) is 5.73 Å². The zero-order valence-electron chi connectivity index (χ0n) is 13.9. The Morgan fingerprint density at radius 1 is 0.760 bits per heavy atom. The molecule has 0 radical (unpaired) electrons. The van der Waals surface area contributed by atoms with Crippen LogP contribution in [0.25, 0.3) is 33.1 Å². The molecule has 0 saturated carbocycles. The zero-order chi connectivity index (χ0) is 17.1. The van der Waals surface area contributed by atoms with Crippen molar-refractivity contribution in [3.05, 3.63) is 96.7 Å². The Morgan fingerprint density at radius 3 is 2.52 bits per heavy atom. The van der Waals surface area contributed by atoms with Crippen molar-refractivity contribution < 1.29 is 4.42 Å². The number of rotatable bonds is 4. The Labute approximate surface area is 146 Å². The molecule has 1 heterocycles. The van der Waals surface area contributed by atoms with Crippen LogP contribution in [-0.2, 0) is 6.42 Å². The minimum atomic E-state index is 0.884. The molecule has 3 aromatic carbocycles. The molecule has 122 valence electrons. The van der Waals surface area contributed by atoms with Crippen LogP contribution >= 0.6 is 0 Å². The Bertz CT molecular complexity index is 1090. The van der Waals surface area contributed by atoms with Crippen LogP contribution < -0.4 is 5.73 Å². The van der Waals surface area contributed by atoms with E-state index < -0.39 is 0 Å². The summed E-state index contributed by atoms with van der Waals surface area (Å²) < 4.78 is 5.92. The lowest BCUT2D eigenvalue weighted by molar-refractivity contribution is 0.669. The summed E-state index contributed by atoms with van der Waals surface area (Å²) in [7, 11) is 0. The summed E-state index contributed by atoms with van der Waals surface area (Å²) in [4.78, 5) is 0. The molecule has 4 rings (SSSR count). The van der Waals surface area contributed by atoms with Gasteiger partial charge in [-0.1, -0.05) is 60.7 Å². The summed E-state index contributed by atoms with van der Waals surface area (Å²) in [6.45, 7) is 0. The van der Waals surface area contributed by atoms with Gasteiger partial charge in [0.15, 0.2) is 0 Å². The number of hydrogen-bond donors (Lipinski definition) is 1. The van der Waals surface area contributed by atoms with Crippen LogP contribution in [0.15, 0.2) is 95.6 Å². The number of allylic oxidation sites excluding steroid dienone is 3. The molecule has 0 aliphatic rings. The molecular weight excluding hydrogens is 306 g/mol. The fourth-order valence-electron chi connectivity index (χ4n) is 3.13. The average Bonchev–Trinajstić information content (AvgIpc) is 3.03. The Hall–Kier alpha value is -3.26. The smallest absolute Gasteiger partial charge is 0.135 e. The second kappa shape index (κ2) is 6.70. The lowest BCUT2D eigenvalue weighted by atomic mass is 10.00. The minimum absolute atomic E-state index is 0.884. The first-order valence-electron chi connectivity index (χ1n) is 8.39. The summed E-state index contributed by atoms with van der Waals surface area (Å²) in [5.41, 5.74) is 10.9. The van der Waals surface area contributed by atoms with Gasteiger partial charge in [-0.2, -0.15) is 0 Å². The van der Waals surface area contributed by atoms with E-state index in [9.17, 15) is 0 Å². The molecule has 2 N–H and O–H groups in total. The van der Waals surface area contributed by atoms with Crippen LogP contribution in [0, 0.1) is 0 Å². The van der Waals surface area contributed by atoms with Crippen molar-refractivity contribution in [2.45, 2.75) is 6.42 Å². The maximum Gasteiger partial charge on any atom is 0.135 e. The van der Waals surface area contributed by atoms with E-state index >= 15 is 0 Å². The van der Waals surface area contributed by atoms with E-state index in [1.165, 1.54) is 22.9 Å². The van der Waals surface area contributed by atoms with Crippen molar-refractivity contribution in [2.75, 3.05) is 0 Å². The third kappa shape index (κ3) is 3.07. The molecule has 0 saturated heterocycles. The molecule has 25 heavy (non-hydrogen) atoms. The minimum Gasteiger partial charge on any atom is -0.456 e. The number of nitrogens with two attached hydrogens (primary N) is 1. The van der Waals surface area contributed by atoms with Gasteiger partial charge in [-0.15, -0.1) is 0 Å². The molecule has 0 aliphatic heterocycles. The van der Waals surface area contributed by atoms with E-state index in [1.807, 2.05) is 30.4 Å². The lowest BCUT2D eigenvalue weighted by Crippen LogP contribution is -1.84. The summed E-state index contributed by atoms with van der Waals surface area (Å²) in [6.07, 6.45) is 8.33. The van der Waals surface area contributed by atoms with Crippen molar-refractivity contribution in [1.29, 1.82) is 0 Å². The Morgan fingerprint density at radius 2 is 1.60 bits per heavy atom. The van der Waals surface area contributed by atoms with Crippen molar-refractivity contribution >= 4 is 21.9 Å². The zero-order valence-corrected chi connectivity index (χ0v) is 13.9. The van der Waals surface area contributed by atoms with Crippen molar-refractivity contribution in [1.82, 2.24) is 0 Å². The predicted molar refractivity (Wildman–Crippen MR) is 105 cm³/mol. The van der Waals surface area contributed by atoms with Gasteiger partial charge in [0.1, 0.15) is 11.2 Å². The molecule has 2 nitrogen and oxygen atoms in total. The number of benzene rings is 3. The van der Waals surface area contributed by atoms with E-state index in [1.54, 1.807) is 0 Å². The standard InChI is InChI=1S/C23H19NO/c24-14-5-1-2-7-17-8-6-9-18(15-17)19-12-13-23-21(16-19)20-10-3-4-11-22(20)25-23/h1-6,8-16H,7,24H2/b2-1-,14-5-. The van der Waals surface area contributed by atoms with Crippen LogP contribution in [0.4, 0.5) is 0 Å². The second-order valence-corrected chi connectivity index (χ2v) is 6.03. The third-order valence-corrected chi connectivity index (χ3v) is 4.35. The largest absolute Gasteiger partial charge is 0.456 e. The van der Waals surface area contributed by atoms with Crippen LogP contribution in [-0.4, -0.2) is 0 Å². The van der Waals surface area contributed by atoms with Crippen LogP contribution in [0.1, 0.15) is 5.56 Å². The topological polar surface area (TPSA) is 39.2 Å². The summed E-state index contributed by atoms with van der Waals surface area (Å²) in [5, 5.41) is 2.32. The highest BCUT2D eigenvalue weighted by atomic mass is 16.3. The van der Waals surface area contributed by atoms with E-state index in [4.69, 9.17) is 10.2 Å². The molecule has 0 spiro atoms. The molecule has 4 aromatic rings. The highest BCUT2D eigenvalue weighted by molar-refractivity contribution is 6.06. The second-order valence-electron chi connectivity index (χ2n) is 6.03. The van der Waals surface area contributed by atoms with Gasteiger partial charge in [-0.05, 0) is 53.6 Å².